The van der Waals surface area contributed by atoms with E-state index >= 15 is 0 Å². The smallest absolute Gasteiger partial charge is 0.280 e. The standard InChI is InChI=1S/C19H24F2N6/c1-12-8-16(23-11-22-12)26(2)14-4-3-7-27(10-14)17-9-15(18(20)21)24-19(25-17)13-5-6-13/h8-9,11,13-14,18H,3-7,10H2,1-2H3. The highest BCUT2D eigenvalue weighted by Crippen LogP contribution is 2.39. The third-order valence-electron chi connectivity index (χ3n) is 5.33. The van der Waals surface area contributed by atoms with Crippen LogP contribution in [0.15, 0.2) is 18.5 Å². The zero-order valence-corrected chi connectivity index (χ0v) is 15.6. The number of piperidine rings is 1. The first-order valence-corrected chi connectivity index (χ1v) is 9.44. The van der Waals surface area contributed by atoms with E-state index in [9.17, 15) is 8.78 Å². The first kappa shape index (κ1) is 18.0. The maximum absolute atomic E-state index is 13.3. The number of aromatic nitrogens is 4. The number of alkyl halides is 2. The Morgan fingerprint density at radius 3 is 2.67 bits per heavy atom. The minimum absolute atomic E-state index is 0.163. The Balaban J connectivity index is 1.56. The predicted octanol–water partition coefficient (Wildman–Crippen LogP) is 3.50. The zero-order valence-electron chi connectivity index (χ0n) is 15.6. The third kappa shape index (κ3) is 3.99. The summed E-state index contributed by atoms with van der Waals surface area (Å²) >= 11 is 0. The first-order valence-electron chi connectivity index (χ1n) is 9.44. The van der Waals surface area contributed by atoms with E-state index in [0.29, 0.717) is 11.6 Å². The molecule has 1 unspecified atom stereocenters. The summed E-state index contributed by atoms with van der Waals surface area (Å²) in [6, 6.07) is 3.65. The summed E-state index contributed by atoms with van der Waals surface area (Å²) in [6.07, 6.45) is 2.99. The molecule has 0 amide bonds. The lowest BCUT2D eigenvalue weighted by Crippen LogP contribution is -2.47. The van der Waals surface area contributed by atoms with Crippen LogP contribution in [0.2, 0.25) is 0 Å². The summed E-state index contributed by atoms with van der Waals surface area (Å²) in [6.45, 7) is 3.48. The topological polar surface area (TPSA) is 58.0 Å². The van der Waals surface area contributed by atoms with Gasteiger partial charge in [0.1, 0.15) is 29.5 Å². The molecular formula is C19H24F2N6. The Hall–Kier alpha value is -2.38. The van der Waals surface area contributed by atoms with Gasteiger partial charge in [0.2, 0.25) is 0 Å². The van der Waals surface area contributed by atoms with Gasteiger partial charge >= 0.3 is 0 Å². The monoisotopic (exact) mass is 374 g/mol. The first-order chi connectivity index (χ1) is 13.0. The van der Waals surface area contributed by atoms with Gasteiger partial charge < -0.3 is 9.80 Å². The van der Waals surface area contributed by atoms with E-state index in [4.69, 9.17) is 0 Å². The molecule has 2 aromatic rings. The number of likely N-dealkylation sites (N-methyl/N-ethyl adjacent to an activating group) is 1. The molecule has 0 N–H and O–H groups in total. The highest BCUT2D eigenvalue weighted by atomic mass is 19.3. The summed E-state index contributed by atoms with van der Waals surface area (Å²) in [7, 11) is 2.02. The van der Waals surface area contributed by atoms with Crippen LogP contribution in [0.25, 0.3) is 0 Å². The van der Waals surface area contributed by atoms with Gasteiger partial charge in [-0.05, 0) is 32.6 Å². The molecule has 0 radical (unpaired) electrons. The second-order valence-electron chi connectivity index (χ2n) is 7.45. The number of nitrogens with zero attached hydrogens (tertiary/aromatic N) is 6. The normalized spacial score (nSPS) is 20.2. The lowest BCUT2D eigenvalue weighted by molar-refractivity contribution is 0.145. The van der Waals surface area contributed by atoms with Gasteiger partial charge in [-0.2, -0.15) is 0 Å². The molecule has 0 aromatic carbocycles. The molecule has 1 aliphatic heterocycles. The minimum Gasteiger partial charge on any atom is -0.355 e. The second kappa shape index (κ2) is 7.32. The Kier molecular flexibility index (Phi) is 4.88. The van der Waals surface area contributed by atoms with Crippen molar-refractivity contribution in [3.8, 4) is 0 Å². The van der Waals surface area contributed by atoms with Crippen LogP contribution in [-0.2, 0) is 0 Å². The van der Waals surface area contributed by atoms with Crippen LogP contribution in [0, 0.1) is 6.92 Å². The van der Waals surface area contributed by atoms with E-state index < -0.39 is 6.43 Å². The Morgan fingerprint density at radius 1 is 1.15 bits per heavy atom. The minimum atomic E-state index is -2.57. The molecule has 27 heavy (non-hydrogen) atoms. The highest BCUT2D eigenvalue weighted by molar-refractivity contribution is 5.45. The maximum atomic E-state index is 13.3. The van der Waals surface area contributed by atoms with Crippen molar-refractivity contribution in [3.05, 3.63) is 35.7 Å². The van der Waals surface area contributed by atoms with E-state index in [1.54, 1.807) is 6.33 Å². The Bertz CT molecular complexity index is 790. The van der Waals surface area contributed by atoms with Crippen molar-refractivity contribution in [2.45, 2.75) is 51.0 Å². The van der Waals surface area contributed by atoms with Crippen molar-refractivity contribution in [1.82, 2.24) is 19.9 Å². The van der Waals surface area contributed by atoms with Crippen molar-refractivity contribution in [2.24, 2.45) is 0 Å². The van der Waals surface area contributed by atoms with Crippen LogP contribution in [0.4, 0.5) is 20.4 Å². The summed E-state index contributed by atoms with van der Waals surface area (Å²) in [5.74, 6) is 2.32. The van der Waals surface area contributed by atoms with Crippen molar-refractivity contribution in [1.29, 1.82) is 0 Å². The van der Waals surface area contributed by atoms with Gasteiger partial charge in [-0.3, -0.25) is 0 Å². The average Bonchev–Trinajstić information content (AvgIpc) is 3.52. The summed E-state index contributed by atoms with van der Waals surface area (Å²) in [5, 5.41) is 0. The number of halogens is 2. The van der Waals surface area contributed by atoms with Gasteiger partial charge in [-0.1, -0.05) is 0 Å². The lowest BCUT2D eigenvalue weighted by atomic mass is 10.0. The predicted molar refractivity (Wildman–Crippen MR) is 99.4 cm³/mol. The van der Waals surface area contributed by atoms with Gasteiger partial charge in [0, 0.05) is 49.9 Å². The Labute approximate surface area is 157 Å². The summed E-state index contributed by atoms with van der Waals surface area (Å²) in [4.78, 5) is 21.5. The molecule has 144 valence electrons. The van der Waals surface area contributed by atoms with E-state index in [-0.39, 0.29) is 17.7 Å². The summed E-state index contributed by atoms with van der Waals surface area (Å²) in [5.41, 5.74) is 0.759. The number of hydrogen-bond donors (Lipinski definition) is 0. The van der Waals surface area contributed by atoms with Gasteiger partial charge in [-0.15, -0.1) is 0 Å². The molecule has 1 atom stereocenters. The second-order valence-corrected chi connectivity index (χ2v) is 7.45. The van der Waals surface area contributed by atoms with Crippen molar-refractivity contribution in [3.63, 3.8) is 0 Å². The zero-order chi connectivity index (χ0) is 19.0. The number of hydrogen-bond acceptors (Lipinski definition) is 6. The number of rotatable bonds is 5. The lowest BCUT2D eigenvalue weighted by Gasteiger charge is -2.38. The van der Waals surface area contributed by atoms with E-state index in [1.807, 2.05) is 20.0 Å². The molecule has 8 heteroatoms. The SMILES string of the molecule is Cc1cc(N(C)C2CCCN(c3cc(C(F)F)nc(C4CC4)n3)C2)ncn1. The molecule has 3 heterocycles. The largest absolute Gasteiger partial charge is 0.355 e. The molecule has 6 nitrogen and oxygen atoms in total. The molecule has 4 rings (SSSR count). The van der Waals surface area contributed by atoms with Crippen molar-refractivity contribution >= 4 is 11.6 Å². The fourth-order valence-electron chi connectivity index (χ4n) is 3.57. The fourth-order valence-corrected chi connectivity index (χ4v) is 3.57. The van der Waals surface area contributed by atoms with Gasteiger partial charge in [0.15, 0.2) is 0 Å². The van der Waals surface area contributed by atoms with Crippen LogP contribution < -0.4 is 9.80 Å². The summed E-state index contributed by atoms with van der Waals surface area (Å²) < 4.78 is 26.6. The molecule has 1 saturated carbocycles. The molecule has 2 fully saturated rings. The molecule has 1 saturated heterocycles. The van der Waals surface area contributed by atoms with Crippen LogP contribution in [0.1, 0.15) is 55.2 Å². The van der Waals surface area contributed by atoms with Crippen molar-refractivity contribution in [2.75, 3.05) is 29.9 Å². The fraction of sp³-hybridized carbons (Fsp3) is 0.579. The molecule has 0 bridgehead atoms. The highest BCUT2D eigenvalue weighted by Gasteiger charge is 2.31. The van der Waals surface area contributed by atoms with Gasteiger partial charge in [-0.25, -0.2) is 28.7 Å². The molecule has 1 aliphatic carbocycles. The van der Waals surface area contributed by atoms with Crippen molar-refractivity contribution < 1.29 is 8.78 Å². The molecule has 2 aromatic heterocycles. The third-order valence-corrected chi connectivity index (χ3v) is 5.33. The maximum Gasteiger partial charge on any atom is 0.280 e. The van der Waals surface area contributed by atoms with Crippen LogP contribution >= 0.6 is 0 Å². The van der Waals surface area contributed by atoms with Crippen LogP contribution in [0.3, 0.4) is 0 Å². The van der Waals surface area contributed by atoms with Crippen LogP contribution in [-0.4, -0.2) is 46.1 Å². The molecule has 2 aliphatic rings. The quantitative estimate of drug-likeness (QED) is 0.798. The van der Waals surface area contributed by atoms with E-state index in [2.05, 4.69) is 29.7 Å². The number of aryl methyl sites for hydroxylation is 1. The number of anilines is 2. The van der Waals surface area contributed by atoms with E-state index in [1.165, 1.54) is 6.07 Å². The van der Waals surface area contributed by atoms with Crippen LogP contribution in [0.5, 0.6) is 0 Å². The van der Waals surface area contributed by atoms with Gasteiger partial charge in [0.25, 0.3) is 6.43 Å². The van der Waals surface area contributed by atoms with E-state index in [0.717, 1.165) is 50.3 Å². The molecular weight excluding hydrogens is 350 g/mol. The van der Waals surface area contributed by atoms with Gasteiger partial charge in [0.05, 0.1) is 0 Å². The Morgan fingerprint density at radius 2 is 1.96 bits per heavy atom. The average molecular weight is 374 g/mol. The molecule has 0 spiro atoms.